The molecule has 0 unspecified atom stereocenters. The molecule has 1 aromatic carbocycles. The molecule has 0 radical (unpaired) electrons. The molecule has 6 nitrogen and oxygen atoms in total. The van der Waals surface area contributed by atoms with Crippen molar-refractivity contribution >= 4 is 5.91 Å². The molecule has 0 bridgehead atoms. The van der Waals surface area contributed by atoms with E-state index in [9.17, 15) is 9.18 Å². The molecule has 0 spiro atoms. The van der Waals surface area contributed by atoms with Gasteiger partial charge in [-0.3, -0.25) is 9.69 Å². The minimum absolute atomic E-state index is 0.118. The Labute approximate surface area is 140 Å². The summed E-state index contributed by atoms with van der Waals surface area (Å²) < 4.78 is 18.5. The molecule has 2 heterocycles. The minimum Gasteiger partial charge on any atom is -0.424 e. The van der Waals surface area contributed by atoms with E-state index in [0.29, 0.717) is 44.3 Å². The molecule has 1 fully saturated rings. The van der Waals surface area contributed by atoms with Crippen LogP contribution in [0.15, 0.2) is 28.7 Å². The molecule has 7 heteroatoms. The average Bonchev–Trinajstić information content (AvgIpc) is 2.98. The first-order valence-electron chi connectivity index (χ1n) is 8.14. The molecule has 0 atom stereocenters. The van der Waals surface area contributed by atoms with Crippen LogP contribution in [0.5, 0.6) is 0 Å². The summed E-state index contributed by atoms with van der Waals surface area (Å²) in [6.07, 6.45) is 0.977. The van der Waals surface area contributed by atoms with Crippen LogP contribution < -0.4 is 0 Å². The zero-order valence-corrected chi connectivity index (χ0v) is 13.7. The van der Waals surface area contributed by atoms with Crippen molar-refractivity contribution in [1.29, 1.82) is 0 Å². The molecule has 128 valence electrons. The first-order valence-corrected chi connectivity index (χ1v) is 8.14. The number of carbonyl (C=O) groups excluding carboxylic acids is 1. The minimum atomic E-state index is -0.259. The van der Waals surface area contributed by atoms with Crippen molar-refractivity contribution in [2.75, 3.05) is 26.2 Å². The van der Waals surface area contributed by atoms with Gasteiger partial charge in [0.25, 0.3) is 0 Å². The predicted octanol–water partition coefficient (Wildman–Crippen LogP) is 1.79. The first-order chi connectivity index (χ1) is 11.6. The highest BCUT2D eigenvalue weighted by molar-refractivity contribution is 5.76. The number of amides is 1. The maximum Gasteiger partial charge on any atom is 0.230 e. The van der Waals surface area contributed by atoms with E-state index < -0.39 is 0 Å². The Kier molecular flexibility index (Phi) is 5.20. The molecule has 1 aromatic heterocycles. The smallest absolute Gasteiger partial charge is 0.230 e. The summed E-state index contributed by atoms with van der Waals surface area (Å²) in [5.74, 6) is 1.03. The number of hydrogen-bond donors (Lipinski definition) is 0. The van der Waals surface area contributed by atoms with Gasteiger partial charge in [0.15, 0.2) is 0 Å². The van der Waals surface area contributed by atoms with Crippen molar-refractivity contribution in [3.05, 3.63) is 47.4 Å². The Bertz CT molecular complexity index is 695. The van der Waals surface area contributed by atoms with Crippen LogP contribution in [0.3, 0.4) is 0 Å². The van der Waals surface area contributed by atoms with E-state index in [1.54, 1.807) is 13.0 Å². The number of benzene rings is 1. The summed E-state index contributed by atoms with van der Waals surface area (Å²) in [5, 5.41) is 7.81. The Morgan fingerprint density at radius 1 is 1.25 bits per heavy atom. The highest BCUT2D eigenvalue weighted by Gasteiger charge is 2.22. The Hall–Kier alpha value is -2.28. The third kappa shape index (κ3) is 4.38. The molecule has 0 aliphatic carbocycles. The predicted molar refractivity (Wildman–Crippen MR) is 85.6 cm³/mol. The molecule has 3 rings (SSSR count). The van der Waals surface area contributed by atoms with Crippen molar-refractivity contribution in [3.8, 4) is 0 Å². The summed E-state index contributed by atoms with van der Waals surface area (Å²) in [6.45, 7) is 5.34. The van der Waals surface area contributed by atoms with Crippen LogP contribution >= 0.6 is 0 Å². The van der Waals surface area contributed by atoms with E-state index >= 15 is 0 Å². The van der Waals surface area contributed by atoms with Gasteiger partial charge in [-0.15, -0.1) is 10.2 Å². The van der Waals surface area contributed by atoms with Crippen LogP contribution in [0.1, 0.15) is 23.8 Å². The Morgan fingerprint density at radius 2 is 2.04 bits per heavy atom. The fraction of sp³-hybridized carbons (Fsp3) is 0.471. The summed E-state index contributed by atoms with van der Waals surface area (Å²) in [5.41, 5.74) is 0.855. The van der Waals surface area contributed by atoms with Gasteiger partial charge in [0.05, 0.1) is 6.54 Å². The molecule has 1 aliphatic heterocycles. The van der Waals surface area contributed by atoms with Gasteiger partial charge in [-0.1, -0.05) is 12.1 Å². The summed E-state index contributed by atoms with van der Waals surface area (Å²) in [4.78, 5) is 16.4. The SMILES string of the molecule is Cc1nnc(CN2CCN(C(=O)CCc3cccc(F)c3)CC2)o1. The van der Waals surface area contributed by atoms with E-state index in [1.165, 1.54) is 12.1 Å². The number of halogens is 1. The van der Waals surface area contributed by atoms with Gasteiger partial charge in [0, 0.05) is 39.5 Å². The first kappa shape index (κ1) is 16.6. The van der Waals surface area contributed by atoms with Crippen LogP contribution in [0.2, 0.25) is 0 Å². The standard InChI is InChI=1S/C17H21FN4O2/c1-13-19-20-16(24-13)12-21-7-9-22(10-8-21)17(23)6-5-14-3-2-4-15(18)11-14/h2-4,11H,5-10,12H2,1H3. The molecule has 1 amide bonds. The number of hydrogen-bond acceptors (Lipinski definition) is 5. The fourth-order valence-electron chi connectivity index (χ4n) is 2.85. The zero-order valence-electron chi connectivity index (χ0n) is 13.7. The quantitative estimate of drug-likeness (QED) is 0.835. The van der Waals surface area contributed by atoms with Gasteiger partial charge in [-0.25, -0.2) is 4.39 Å². The lowest BCUT2D eigenvalue weighted by Crippen LogP contribution is -2.48. The lowest BCUT2D eigenvalue weighted by molar-refractivity contribution is -0.133. The van der Waals surface area contributed by atoms with Crippen molar-refractivity contribution in [3.63, 3.8) is 0 Å². The molecule has 24 heavy (non-hydrogen) atoms. The Morgan fingerprint density at radius 3 is 2.71 bits per heavy atom. The summed E-state index contributed by atoms with van der Waals surface area (Å²) in [7, 11) is 0. The number of aryl methyl sites for hydroxylation is 2. The molecule has 0 N–H and O–H groups in total. The fourth-order valence-corrected chi connectivity index (χ4v) is 2.85. The average molecular weight is 332 g/mol. The lowest BCUT2D eigenvalue weighted by Gasteiger charge is -2.34. The number of aromatic nitrogens is 2. The van der Waals surface area contributed by atoms with Crippen LogP contribution in [0.4, 0.5) is 4.39 Å². The zero-order chi connectivity index (χ0) is 16.9. The van der Waals surface area contributed by atoms with Gasteiger partial charge in [-0.2, -0.15) is 0 Å². The van der Waals surface area contributed by atoms with Crippen molar-refractivity contribution in [1.82, 2.24) is 20.0 Å². The topological polar surface area (TPSA) is 62.5 Å². The monoisotopic (exact) mass is 332 g/mol. The van der Waals surface area contributed by atoms with Gasteiger partial charge < -0.3 is 9.32 Å². The molecule has 1 saturated heterocycles. The van der Waals surface area contributed by atoms with Crippen LogP contribution in [0.25, 0.3) is 0 Å². The van der Waals surface area contributed by atoms with E-state index in [1.807, 2.05) is 11.0 Å². The van der Waals surface area contributed by atoms with Crippen LogP contribution in [-0.2, 0) is 17.8 Å². The molecular formula is C17H21FN4O2. The second-order valence-corrected chi connectivity index (χ2v) is 6.00. The highest BCUT2D eigenvalue weighted by Crippen LogP contribution is 2.11. The summed E-state index contributed by atoms with van der Waals surface area (Å²) >= 11 is 0. The normalized spacial score (nSPS) is 15.7. The molecular weight excluding hydrogens is 311 g/mol. The largest absolute Gasteiger partial charge is 0.424 e. The second kappa shape index (κ2) is 7.53. The molecule has 2 aromatic rings. The molecule has 1 aliphatic rings. The van der Waals surface area contributed by atoms with Crippen molar-refractivity contribution in [2.24, 2.45) is 0 Å². The van der Waals surface area contributed by atoms with Gasteiger partial charge >= 0.3 is 0 Å². The number of rotatable bonds is 5. The van der Waals surface area contributed by atoms with E-state index in [0.717, 1.165) is 18.7 Å². The van der Waals surface area contributed by atoms with Gasteiger partial charge in [0.2, 0.25) is 17.7 Å². The van der Waals surface area contributed by atoms with Gasteiger partial charge in [0.1, 0.15) is 5.82 Å². The van der Waals surface area contributed by atoms with Crippen molar-refractivity contribution in [2.45, 2.75) is 26.3 Å². The van der Waals surface area contributed by atoms with E-state index in [-0.39, 0.29) is 11.7 Å². The van der Waals surface area contributed by atoms with Crippen molar-refractivity contribution < 1.29 is 13.6 Å². The van der Waals surface area contributed by atoms with E-state index in [2.05, 4.69) is 15.1 Å². The van der Waals surface area contributed by atoms with Crippen LogP contribution in [0, 0.1) is 12.7 Å². The molecule has 0 saturated carbocycles. The summed E-state index contributed by atoms with van der Waals surface area (Å²) in [6, 6.07) is 6.42. The number of carbonyl (C=O) groups is 1. The van der Waals surface area contributed by atoms with Gasteiger partial charge in [-0.05, 0) is 24.1 Å². The third-order valence-electron chi connectivity index (χ3n) is 4.17. The second-order valence-electron chi connectivity index (χ2n) is 6.00. The Balaban J connectivity index is 1.43. The van der Waals surface area contributed by atoms with Crippen LogP contribution in [-0.4, -0.2) is 52.1 Å². The maximum atomic E-state index is 13.2. The maximum absolute atomic E-state index is 13.2. The highest BCUT2D eigenvalue weighted by atomic mass is 19.1. The third-order valence-corrected chi connectivity index (χ3v) is 4.17. The lowest BCUT2D eigenvalue weighted by atomic mass is 10.1. The number of piperazine rings is 1. The van der Waals surface area contributed by atoms with E-state index in [4.69, 9.17) is 4.42 Å². The number of nitrogens with zero attached hydrogens (tertiary/aromatic N) is 4.